The molecule has 0 bridgehead atoms. The Morgan fingerprint density at radius 2 is 1.69 bits per heavy atom. The quantitative estimate of drug-likeness (QED) is 0.723. The molecule has 0 aromatic heterocycles. The van der Waals surface area contributed by atoms with Crippen molar-refractivity contribution in [3.05, 3.63) is 17.7 Å². The fraction of sp³-hybridized carbons (Fsp3) is 0.364. The highest BCUT2D eigenvalue weighted by Gasteiger charge is 2.21. The summed E-state index contributed by atoms with van der Waals surface area (Å²) in [4.78, 5) is 11.4. The molecule has 0 saturated heterocycles. The van der Waals surface area contributed by atoms with Gasteiger partial charge in [0.25, 0.3) is 0 Å². The summed E-state index contributed by atoms with van der Waals surface area (Å²) >= 11 is 0. The third-order valence-electron chi connectivity index (χ3n) is 2.02. The lowest BCUT2D eigenvalue weighted by atomic mass is 10.1. The summed E-state index contributed by atoms with van der Waals surface area (Å²) in [5.41, 5.74) is 0.239. The Balaban J connectivity index is 3.37. The summed E-state index contributed by atoms with van der Waals surface area (Å²) in [5.74, 6) is 0.430. The van der Waals surface area contributed by atoms with Gasteiger partial charge in [-0.05, 0) is 6.07 Å². The Hall–Kier alpha value is -1.91. The van der Waals surface area contributed by atoms with Crippen LogP contribution in [0.5, 0.6) is 17.2 Å². The lowest BCUT2D eigenvalue weighted by Crippen LogP contribution is -2.06. The molecule has 0 atom stereocenters. The van der Waals surface area contributed by atoms with Crippen LogP contribution in [0.2, 0.25) is 0 Å². The van der Waals surface area contributed by atoms with Crippen LogP contribution in [0.25, 0.3) is 0 Å². The normalized spacial score (nSPS) is 9.50. The van der Waals surface area contributed by atoms with Crippen molar-refractivity contribution in [1.29, 1.82) is 0 Å². The van der Waals surface area contributed by atoms with Gasteiger partial charge in [-0.1, -0.05) is 0 Å². The summed E-state index contributed by atoms with van der Waals surface area (Å²) in [5, 5.41) is 0. The van der Waals surface area contributed by atoms with Crippen LogP contribution >= 0.6 is 0 Å². The molecule has 0 heterocycles. The Labute approximate surface area is 93.9 Å². The van der Waals surface area contributed by atoms with Gasteiger partial charge in [0.15, 0.2) is 11.5 Å². The fourth-order valence-corrected chi connectivity index (χ4v) is 1.30. The molecule has 0 spiro atoms. The first-order valence-corrected chi connectivity index (χ1v) is 4.48. The van der Waals surface area contributed by atoms with E-state index < -0.39 is 5.97 Å². The van der Waals surface area contributed by atoms with Gasteiger partial charge in [0.1, 0.15) is 5.56 Å². The van der Waals surface area contributed by atoms with E-state index in [0.29, 0.717) is 11.5 Å². The van der Waals surface area contributed by atoms with Crippen molar-refractivity contribution in [2.75, 3.05) is 28.4 Å². The minimum Gasteiger partial charge on any atom is -0.492 e. The Bertz CT molecular complexity index is 386. The molecule has 16 heavy (non-hydrogen) atoms. The number of hydrogen-bond acceptors (Lipinski definition) is 5. The van der Waals surface area contributed by atoms with Gasteiger partial charge in [-0.15, -0.1) is 0 Å². The maximum absolute atomic E-state index is 11.4. The van der Waals surface area contributed by atoms with E-state index in [9.17, 15) is 4.79 Å². The molecule has 0 fully saturated rings. The van der Waals surface area contributed by atoms with Crippen molar-refractivity contribution >= 4 is 5.97 Å². The van der Waals surface area contributed by atoms with E-state index in [1.807, 2.05) is 0 Å². The van der Waals surface area contributed by atoms with Crippen molar-refractivity contribution in [3.63, 3.8) is 0 Å². The third kappa shape index (κ3) is 2.03. The predicted molar refractivity (Wildman–Crippen MR) is 56.3 cm³/mol. The van der Waals surface area contributed by atoms with Crippen LogP contribution in [0.15, 0.2) is 6.07 Å². The highest BCUT2D eigenvalue weighted by atomic mass is 16.5. The first-order valence-electron chi connectivity index (χ1n) is 4.48. The van der Waals surface area contributed by atoms with E-state index in [-0.39, 0.29) is 11.3 Å². The van der Waals surface area contributed by atoms with Crippen molar-refractivity contribution in [1.82, 2.24) is 0 Å². The van der Waals surface area contributed by atoms with Gasteiger partial charge in [-0.2, -0.15) is 0 Å². The lowest BCUT2D eigenvalue weighted by Gasteiger charge is -2.13. The fourth-order valence-electron chi connectivity index (χ4n) is 1.30. The number of hydrogen-bond donors (Lipinski definition) is 0. The minimum atomic E-state index is -0.519. The number of carbonyl (C=O) groups is 1. The molecule has 1 rings (SSSR count). The number of benzene rings is 1. The van der Waals surface area contributed by atoms with E-state index in [0.717, 1.165) is 0 Å². The van der Waals surface area contributed by atoms with Gasteiger partial charge < -0.3 is 18.9 Å². The van der Waals surface area contributed by atoms with Crippen LogP contribution in [-0.2, 0) is 4.74 Å². The molecule has 0 aliphatic heterocycles. The Morgan fingerprint density at radius 1 is 1.06 bits per heavy atom. The number of esters is 1. The summed E-state index contributed by atoms with van der Waals surface area (Å²) in [6, 6.07) is 4.20. The summed E-state index contributed by atoms with van der Waals surface area (Å²) in [6.45, 7) is 0. The topological polar surface area (TPSA) is 54.0 Å². The van der Waals surface area contributed by atoms with E-state index in [1.165, 1.54) is 34.5 Å². The van der Waals surface area contributed by atoms with Crippen LogP contribution in [0.4, 0.5) is 0 Å². The van der Waals surface area contributed by atoms with Crippen molar-refractivity contribution in [2.24, 2.45) is 0 Å². The molecule has 0 unspecified atom stereocenters. The van der Waals surface area contributed by atoms with Crippen LogP contribution in [0, 0.1) is 6.07 Å². The third-order valence-corrected chi connectivity index (χ3v) is 2.02. The molecule has 1 radical (unpaired) electrons. The van der Waals surface area contributed by atoms with Crippen LogP contribution in [0.1, 0.15) is 10.4 Å². The molecular weight excluding hydrogens is 212 g/mol. The second kappa shape index (κ2) is 5.25. The number of ether oxygens (including phenoxy) is 4. The molecule has 87 valence electrons. The number of carbonyl (C=O) groups excluding carboxylic acids is 1. The van der Waals surface area contributed by atoms with Crippen LogP contribution in [0.3, 0.4) is 0 Å². The second-order valence-corrected chi connectivity index (χ2v) is 2.79. The Morgan fingerprint density at radius 3 is 2.12 bits per heavy atom. The van der Waals surface area contributed by atoms with Crippen molar-refractivity contribution in [2.45, 2.75) is 0 Å². The van der Waals surface area contributed by atoms with Crippen LogP contribution < -0.4 is 14.2 Å². The smallest absolute Gasteiger partial charge is 0.341 e. The van der Waals surface area contributed by atoms with Gasteiger partial charge >= 0.3 is 5.97 Å². The molecule has 5 heteroatoms. The van der Waals surface area contributed by atoms with Gasteiger partial charge in [-0.25, -0.2) is 4.79 Å². The highest BCUT2D eigenvalue weighted by Crippen LogP contribution is 2.39. The van der Waals surface area contributed by atoms with E-state index >= 15 is 0 Å². The number of methoxy groups -OCH3 is 4. The van der Waals surface area contributed by atoms with E-state index in [2.05, 4.69) is 10.8 Å². The maximum atomic E-state index is 11.4. The zero-order valence-corrected chi connectivity index (χ0v) is 9.62. The average Bonchev–Trinajstić information content (AvgIpc) is 2.35. The highest BCUT2D eigenvalue weighted by molar-refractivity contribution is 5.94. The van der Waals surface area contributed by atoms with Gasteiger partial charge in [0, 0.05) is 6.07 Å². The molecule has 1 aromatic carbocycles. The SMILES string of the molecule is COC(=O)c1c[c]c(OC)c(OC)c1OC. The zero-order chi connectivity index (χ0) is 12.1. The monoisotopic (exact) mass is 225 g/mol. The van der Waals surface area contributed by atoms with Gasteiger partial charge in [0.05, 0.1) is 28.4 Å². The van der Waals surface area contributed by atoms with Crippen LogP contribution in [-0.4, -0.2) is 34.4 Å². The standard InChI is InChI=1S/C11H13O5/c1-13-8-6-5-7(11(12)16-4)9(14-2)10(8)15-3/h5H,1-4H3. The van der Waals surface area contributed by atoms with Crippen molar-refractivity contribution < 1.29 is 23.7 Å². The zero-order valence-electron chi connectivity index (χ0n) is 9.62. The minimum absolute atomic E-state index is 0.239. The maximum Gasteiger partial charge on any atom is 0.341 e. The van der Waals surface area contributed by atoms with Gasteiger partial charge in [0.2, 0.25) is 5.75 Å². The molecule has 1 aromatic rings. The summed E-state index contributed by atoms with van der Waals surface area (Å²) in [7, 11) is 5.66. The largest absolute Gasteiger partial charge is 0.492 e. The first kappa shape index (κ1) is 12.2. The molecule has 0 saturated carbocycles. The number of rotatable bonds is 4. The summed E-state index contributed by atoms with van der Waals surface area (Å²) < 4.78 is 19.9. The Kier molecular flexibility index (Phi) is 3.99. The predicted octanol–water partition coefficient (Wildman–Crippen LogP) is 1.30. The molecule has 0 aliphatic rings. The average molecular weight is 225 g/mol. The van der Waals surface area contributed by atoms with Crippen molar-refractivity contribution in [3.8, 4) is 17.2 Å². The molecular formula is C11H13O5. The van der Waals surface area contributed by atoms with E-state index in [4.69, 9.17) is 14.2 Å². The summed E-state index contributed by atoms with van der Waals surface area (Å²) in [6.07, 6.45) is 0. The lowest BCUT2D eigenvalue weighted by molar-refractivity contribution is 0.0596. The first-order chi connectivity index (χ1) is 7.69. The molecule has 5 nitrogen and oxygen atoms in total. The van der Waals surface area contributed by atoms with E-state index in [1.54, 1.807) is 0 Å². The van der Waals surface area contributed by atoms with Gasteiger partial charge in [-0.3, -0.25) is 0 Å². The second-order valence-electron chi connectivity index (χ2n) is 2.79. The molecule has 0 aliphatic carbocycles. The molecule has 0 N–H and O–H groups in total. The molecule has 0 amide bonds.